The molecular weight excluding hydrogens is 1550 g/mol. The molecule has 12 heteroatoms. The third-order valence-corrected chi connectivity index (χ3v) is 43.2. The Balaban J connectivity index is 0.000000122. The molecule has 19 aliphatic carbocycles. The van der Waals surface area contributed by atoms with Crippen LogP contribution in [0.25, 0.3) is 0 Å². The summed E-state index contributed by atoms with van der Waals surface area (Å²) in [6, 6.07) is 0. The first-order valence-corrected chi connectivity index (χ1v) is 54.0. The summed E-state index contributed by atoms with van der Waals surface area (Å²) in [5.74, 6) is 23.3. The van der Waals surface area contributed by atoms with Gasteiger partial charge >= 0.3 is 35.8 Å². The molecule has 14 bridgehead atoms. The van der Waals surface area contributed by atoms with Crippen molar-refractivity contribution in [2.24, 2.45) is 198 Å². The molecule has 0 N–H and O–H groups in total. The van der Waals surface area contributed by atoms with Crippen LogP contribution in [0.3, 0.4) is 0 Å². The van der Waals surface area contributed by atoms with Gasteiger partial charge in [0.1, 0.15) is 33.6 Å². The van der Waals surface area contributed by atoms with Crippen molar-refractivity contribution in [3.63, 3.8) is 0 Å². The maximum Gasteiger partial charge on any atom is 0.312 e. The fourth-order valence-electron chi connectivity index (χ4n) is 33.2. The summed E-state index contributed by atoms with van der Waals surface area (Å²) in [4.78, 5) is 75.6. The topological polar surface area (TPSA) is 158 Å². The molecule has 19 aliphatic rings. The minimum Gasteiger partial charge on any atom is -0.459 e. The molecule has 0 amide bonds. The fourth-order valence-corrected chi connectivity index (χ4v) is 33.2. The van der Waals surface area contributed by atoms with Crippen molar-refractivity contribution in [1.29, 1.82) is 0 Å². The summed E-state index contributed by atoms with van der Waals surface area (Å²) in [5, 5.41) is 0. The Morgan fingerprint density at radius 1 is 0.272 bits per heavy atom. The van der Waals surface area contributed by atoms with Crippen LogP contribution in [-0.4, -0.2) is 69.4 Å². The van der Waals surface area contributed by atoms with Gasteiger partial charge < -0.3 is 28.4 Å². The summed E-state index contributed by atoms with van der Waals surface area (Å²) >= 11 is 0. The van der Waals surface area contributed by atoms with E-state index in [2.05, 4.69) is 96.9 Å². The largest absolute Gasteiger partial charge is 0.459 e. The van der Waals surface area contributed by atoms with Crippen molar-refractivity contribution in [1.82, 2.24) is 0 Å². The van der Waals surface area contributed by atoms with E-state index in [0.29, 0.717) is 41.4 Å². The number of fused-ring (bicyclic) bond motifs is 34. The molecule has 0 aromatic heterocycles. The van der Waals surface area contributed by atoms with Gasteiger partial charge in [0.25, 0.3) is 0 Å². The second-order valence-corrected chi connectivity index (χ2v) is 52.5. The Bertz CT molecular complexity index is 3780. The van der Waals surface area contributed by atoms with E-state index < -0.39 is 0 Å². The lowest BCUT2D eigenvalue weighted by molar-refractivity contribution is -0.191. The molecule has 0 heterocycles. The van der Waals surface area contributed by atoms with E-state index in [4.69, 9.17) is 28.4 Å². The van der Waals surface area contributed by atoms with Gasteiger partial charge in [-0.25, -0.2) is 0 Å². The first kappa shape index (κ1) is 97.8. The lowest BCUT2D eigenvalue weighted by Gasteiger charge is -2.49. The van der Waals surface area contributed by atoms with E-state index in [1.165, 1.54) is 173 Å². The Morgan fingerprint density at radius 2 is 0.640 bits per heavy atom. The number of hydrogen-bond donors (Lipinski definition) is 0. The van der Waals surface area contributed by atoms with Crippen molar-refractivity contribution >= 4 is 35.8 Å². The number of carbonyl (C=O) groups is 6. The average molecular weight is 1740 g/mol. The van der Waals surface area contributed by atoms with Gasteiger partial charge in [0.05, 0.1) is 32.5 Å². The Labute approximate surface area is 763 Å². The van der Waals surface area contributed by atoms with Gasteiger partial charge in [-0.2, -0.15) is 0 Å². The predicted octanol–water partition coefficient (Wildman–Crippen LogP) is 28.6. The van der Waals surface area contributed by atoms with Crippen LogP contribution >= 0.6 is 0 Å². The van der Waals surface area contributed by atoms with Gasteiger partial charge in [-0.1, -0.05) is 128 Å². The maximum atomic E-state index is 12.9. The molecule has 0 aromatic carbocycles. The highest BCUT2D eigenvalue weighted by Crippen LogP contribution is 2.75. The molecule has 32 unspecified atom stereocenters. The Morgan fingerprint density at radius 3 is 1.13 bits per heavy atom. The van der Waals surface area contributed by atoms with Crippen LogP contribution in [-0.2, 0) is 57.2 Å². The van der Waals surface area contributed by atoms with Crippen LogP contribution in [0.4, 0.5) is 0 Å². The average Bonchev–Trinajstić information content (AvgIpc) is 1.54. The van der Waals surface area contributed by atoms with Gasteiger partial charge in [0.2, 0.25) is 0 Å². The summed E-state index contributed by atoms with van der Waals surface area (Å²) in [6.45, 7) is 54.6. The van der Waals surface area contributed by atoms with Gasteiger partial charge in [-0.05, 0) is 452 Å². The summed E-state index contributed by atoms with van der Waals surface area (Å²) < 4.78 is 37.2. The molecule has 0 aromatic rings. The van der Waals surface area contributed by atoms with Gasteiger partial charge in [0, 0.05) is 29.6 Å². The van der Waals surface area contributed by atoms with E-state index in [1.807, 2.05) is 83.1 Å². The van der Waals surface area contributed by atoms with Gasteiger partial charge in [-0.3, -0.25) is 28.8 Å². The summed E-state index contributed by atoms with van der Waals surface area (Å²) in [7, 11) is 0. The molecule has 19 saturated carbocycles. The van der Waals surface area contributed by atoms with E-state index in [-0.39, 0.29) is 102 Å². The number of ether oxygens (including phenoxy) is 6. The highest BCUT2D eigenvalue weighted by Gasteiger charge is 2.72. The smallest absolute Gasteiger partial charge is 0.312 e. The van der Waals surface area contributed by atoms with E-state index in [9.17, 15) is 28.8 Å². The van der Waals surface area contributed by atoms with Crippen LogP contribution in [0.15, 0.2) is 0 Å². The number of esters is 6. The zero-order chi connectivity index (χ0) is 90.9. The van der Waals surface area contributed by atoms with Crippen molar-refractivity contribution in [2.45, 2.75) is 477 Å². The monoisotopic (exact) mass is 1740 g/mol. The van der Waals surface area contributed by atoms with Crippen LogP contribution in [0.5, 0.6) is 0 Å². The molecule has 712 valence electrons. The van der Waals surface area contributed by atoms with E-state index in [1.54, 1.807) is 0 Å². The molecule has 12 nitrogen and oxygen atoms in total. The van der Waals surface area contributed by atoms with Crippen molar-refractivity contribution < 1.29 is 57.2 Å². The second-order valence-electron chi connectivity index (χ2n) is 52.5. The molecule has 0 aliphatic heterocycles. The van der Waals surface area contributed by atoms with Gasteiger partial charge in [-0.15, -0.1) is 0 Å². The highest BCUT2D eigenvalue weighted by molar-refractivity contribution is 5.79. The maximum absolute atomic E-state index is 12.9. The lowest BCUT2D eigenvalue weighted by Crippen LogP contribution is -2.52. The van der Waals surface area contributed by atoms with Crippen LogP contribution in [0.1, 0.15) is 443 Å². The first-order valence-electron chi connectivity index (χ1n) is 54.0. The number of carbonyl (C=O) groups excluding carboxylic acids is 6. The van der Waals surface area contributed by atoms with Crippen LogP contribution in [0.2, 0.25) is 0 Å². The zero-order valence-electron chi connectivity index (χ0n) is 85.1. The Kier molecular flexibility index (Phi) is 28.6. The minimum atomic E-state index is -0.356. The fraction of sp³-hybridized carbons (Fsp3) is 0.947. The highest BCUT2D eigenvalue weighted by atomic mass is 16.6. The SMILES string of the molecule is CCC(C)(C)C(=O)OC1(C(C)C)CC2CC1C1C3CCC(C3)C21.CCC(C)(C)C(=O)OC1(C(C)C)CCC2CCCCC2C1.CCC(C)(C)C(=O)OC1(C)CC2CC1C1C3CCC(C3)C21.CCC(C)(C)C(=O)OC1(C)CC2CC1C1CCCC21.CCC(C)(C)C(=O)OC1(C)CCCC2CCCCC21.CCC(C)(C)C(=O)OC1(CC)CC2CC1C1C3CCC(C3)C21. The second kappa shape index (κ2) is 36.6. The molecular formula is C113H188O12. The number of hydrogen-bond acceptors (Lipinski definition) is 12. The number of rotatable bonds is 21. The third-order valence-electron chi connectivity index (χ3n) is 43.2. The van der Waals surface area contributed by atoms with Crippen molar-refractivity contribution in [3.05, 3.63) is 0 Å². The first-order chi connectivity index (χ1) is 58.6. The van der Waals surface area contributed by atoms with Gasteiger partial charge in [0.15, 0.2) is 0 Å². The molecule has 125 heavy (non-hydrogen) atoms. The predicted molar refractivity (Wildman–Crippen MR) is 502 cm³/mol. The minimum absolute atomic E-state index is 0.00345. The molecule has 32 atom stereocenters. The standard InChI is InChI=1S/C21H34O2.C20H32O2.C19H30O2.C19H34O2.C17H28O2.C17H30O2/c1-6-20(4,5)19(22)23-21(12(2)3)11-15-10-16(21)18-14-8-7-13(9-14)17(15)18;1-5-19(3,4)18(21)22-20(6-2)11-14-10-15(20)17-13-8-7-12(9-13)16(14)17;1-5-18(2,3)17(20)21-19(4)10-13-9-14(19)16-12-7-6-11(8-12)15(13)16;1-6-18(4,5)17(20)21-19(14(2)3)12-11-15-9-7-8-10-16(15)13-19;1-5-16(2,3)15(18)19-17(4)10-11-9-14(17)13-8-6-7-12(11)13;1-5-16(2,3)15(18)19-17(4)12-8-10-13-9-6-7-11-14(13)17/h12-18H,6-11H2,1-5H3;12-17H,5-11H2,1-4H3;11-16H,5-10H2,1-4H3;14-16H,6-13H2,1-5H3;11-14H,5-10H2,1-4H3;13-14H,5-12H2,1-4H3. The molecule has 19 fully saturated rings. The van der Waals surface area contributed by atoms with E-state index >= 15 is 0 Å². The van der Waals surface area contributed by atoms with Crippen molar-refractivity contribution in [2.75, 3.05) is 0 Å². The Hall–Kier alpha value is -3.18. The summed E-state index contributed by atoms with van der Waals surface area (Å²) in [5.41, 5.74) is -3.08. The zero-order valence-corrected chi connectivity index (χ0v) is 85.1. The molecule has 0 spiro atoms. The quantitative estimate of drug-likeness (QED) is 0.0609. The normalized spacial score (nSPS) is 43.6. The molecule has 0 saturated heterocycles. The lowest BCUT2D eigenvalue weighted by atomic mass is 9.63. The molecule has 19 rings (SSSR count). The van der Waals surface area contributed by atoms with E-state index in [0.717, 1.165) is 214 Å². The van der Waals surface area contributed by atoms with Crippen LogP contribution < -0.4 is 0 Å². The summed E-state index contributed by atoms with van der Waals surface area (Å²) in [6.07, 6.45) is 51.2. The molecule has 0 radical (unpaired) electrons. The third kappa shape index (κ3) is 18.1. The van der Waals surface area contributed by atoms with Crippen molar-refractivity contribution in [3.8, 4) is 0 Å². The van der Waals surface area contributed by atoms with Crippen LogP contribution in [0, 0.1) is 198 Å².